The minimum Gasteiger partial charge on any atom is -0.310 e. The zero-order valence-corrected chi connectivity index (χ0v) is 12.0. The van der Waals surface area contributed by atoms with E-state index >= 15 is 0 Å². The molecule has 0 aliphatic carbocycles. The molecule has 0 heterocycles. The molecule has 0 radical (unpaired) electrons. The van der Waals surface area contributed by atoms with E-state index in [1.54, 1.807) is 0 Å². The van der Waals surface area contributed by atoms with Crippen molar-refractivity contribution in [2.24, 2.45) is 5.92 Å². The Kier molecular flexibility index (Phi) is 5.70. The molecule has 1 rings (SSSR count). The molecule has 0 amide bonds. The molecule has 0 saturated heterocycles. The lowest BCUT2D eigenvalue weighted by Crippen LogP contribution is -2.24. The summed E-state index contributed by atoms with van der Waals surface area (Å²) in [5, 5.41) is 3.60. The highest BCUT2D eigenvalue weighted by Crippen LogP contribution is 2.18. The molecule has 0 saturated carbocycles. The zero-order valence-electron chi connectivity index (χ0n) is 12.0. The van der Waals surface area contributed by atoms with Gasteiger partial charge in [0.2, 0.25) is 0 Å². The molecule has 17 heavy (non-hydrogen) atoms. The molecule has 1 aromatic rings. The molecular formula is C16H27N. The van der Waals surface area contributed by atoms with Gasteiger partial charge in [-0.05, 0) is 36.4 Å². The van der Waals surface area contributed by atoms with Crippen molar-refractivity contribution in [2.45, 2.75) is 53.0 Å². The number of hydrogen-bond donors (Lipinski definition) is 1. The van der Waals surface area contributed by atoms with Gasteiger partial charge in [-0.25, -0.2) is 0 Å². The van der Waals surface area contributed by atoms with Gasteiger partial charge in [0, 0.05) is 6.04 Å². The van der Waals surface area contributed by atoms with Gasteiger partial charge >= 0.3 is 0 Å². The topological polar surface area (TPSA) is 12.0 Å². The van der Waals surface area contributed by atoms with Crippen LogP contribution in [0.4, 0.5) is 0 Å². The highest BCUT2D eigenvalue weighted by Gasteiger charge is 2.07. The summed E-state index contributed by atoms with van der Waals surface area (Å²) in [5.41, 5.74) is 2.81. The van der Waals surface area contributed by atoms with Gasteiger partial charge in [-0.1, -0.05) is 58.4 Å². The summed E-state index contributed by atoms with van der Waals surface area (Å²) in [6.07, 6.45) is 1.24. The Bertz CT molecular complexity index is 313. The Hall–Kier alpha value is -0.820. The van der Waals surface area contributed by atoms with E-state index in [1.807, 2.05) is 0 Å². The van der Waals surface area contributed by atoms with Crippen molar-refractivity contribution in [2.75, 3.05) is 6.54 Å². The third kappa shape index (κ3) is 4.51. The summed E-state index contributed by atoms with van der Waals surface area (Å²) < 4.78 is 0. The SMILES string of the molecule is CCC(C)CNC(C)c1ccc(C(C)C)cc1. The Labute approximate surface area is 107 Å². The van der Waals surface area contributed by atoms with Crippen LogP contribution in [-0.4, -0.2) is 6.54 Å². The Morgan fingerprint density at radius 3 is 1.94 bits per heavy atom. The van der Waals surface area contributed by atoms with Gasteiger partial charge in [-0.2, -0.15) is 0 Å². The molecule has 2 atom stereocenters. The molecule has 0 bridgehead atoms. The standard InChI is InChI=1S/C16H27N/c1-6-13(4)11-17-14(5)16-9-7-15(8-10-16)12(2)3/h7-10,12-14,17H,6,11H2,1-5H3. The smallest absolute Gasteiger partial charge is 0.0291 e. The second-order valence-electron chi connectivity index (χ2n) is 5.46. The van der Waals surface area contributed by atoms with Crippen LogP contribution >= 0.6 is 0 Å². The van der Waals surface area contributed by atoms with Crippen LogP contribution in [0.5, 0.6) is 0 Å². The van der Waals surface area contributed by atoms with E-state index < -0.39 is 0 Å². The van der Waals surface area contributed by atoms with E-state index in [9.17, 15) is 0 Å². The number of nitrogens with one attached hydrogen (secondary N) is 1. The van der Waals surface area contributed by atoms with Crippen LogP contribution in [0.1, 0.15) is 64.1 Å². The highest BCUT2D eigenvalue weighted by atomic mass is 14.9. The highest BCUT2D eigenvalue weighted by molar-refractivity contribution is 5.26. The molecule has 0 fully saturated rings. The van der Waals surface area contributed by atoms with Gasteiger partial charge in [0.15, 0.2) is 0 Å². The van der Waals surface area contributed by atoms with Crippen molar-refractivity contribution in [1.82, 2.24) is 5.32 Å². The van der Waals surface area contributed by atoms with Crippen molar-refractivity contribution in [3.63, 3.8) is 0 Å². The van der Waals surface area contributed by atoms with Crippen LogP contribution in [-0.2, 0) is 0 Å². The van der Waals surface area contributed by atoms with Crippen LogP contribution in [0.2, 0.25) is 0 Å². The quantitative estimate of drug-likeness (QED) is 0.762. The summed E-state index contributed by atoms with van der Waals surface area (Å²) in [6, 6.07) is 9.46. The fourth-order valence-corrected chi connectivity index (χ4v) is 1.81. The van der Waals surface area contributed by atoms with Gasteiger partial charge in [0.1, 0.15) is 0 Å². The number of rotatable bonds is 6. The maximum absolute atomic E-state index is 3.60. The van der Waals surface area contributed by atoms with Crippen LogP contribution in [0, 0.1) is 5.92 Å². The third-order valence-electron chi connectivity index (χ3n) is 3.57. The molecule has 0 aromatic heterocycles. The maximum atomic E-state index is 3.60. The number of benzene rings is 1. The average molecular weight is 233 g/mol. The first-order valence-electron chi connectivity index (χ1n) is 6.87. The predicted octanol–water partition coefficient (Wildman–Crippen LogP) is 4.51. The normalized spacial score (nSPS) is 14.9. The lowest BCUT2D eigenvalue weighted by molar-refractivity contribution is 0.461. The van der Waals surface area contributed by atoms with Crippen molar-refractivity contribution < 1.29 is 0 Å². The van der Waals surface area contributed by atoms with Crippen LogP contribution in [0.3, 0.4) is 0 Å². The number of hydrogen-bond acceptors (Lipinski definition) is 1. The zero-order chi connectivity index (χ0) is 12.8. The van der Waals surface area contributed by atoms with Crippen molar-refractivity contribution >= 4 is 0 Å². The third-order valence-corrected chi connectivity index (χ3v) is 3.57. The fraction of sp³-hybridized carbons (Fsp3) is 0.625. The predicted molar refractivity (Wildman–Crippen MR) is 76.4 cm³/mol. The first-order chi connectivity index (χ1) is 8.04. The van der Waals surface area contributed by atoms with E-state index in [-0.39, 0.29) is 0 Å². The molecule has 1 aromatic carbocycles. The van der Waals surface area contributed by atoms with Crippen molar-refractivity contribution in [3.05, 3.63) is 35.4 Å². The Balaban J connectivity index is 2.54. The summed E-state index contributed by atoms with van der Waals surface area (Å²) in [4.78, 5) is 0. The van der Waals surface area contributed by atoms with Crippen molar-refractivity contribution in [3.8, 4) is 0 Å². The molecule has 96 valence electrons. The van der Waals surface area contributed by atoms with E-state index in [1.165, 1.54) is 17.5 Å². The Morgan fingerprint density at radius 1 is 0.941 bits per heavy atom. The van der Waals surface area contributed by atoms with Gasteiger partial charge < -0.3 is 5.32 Å². The Morgan fingerprint density at radius 2 is 1.47 bits per heavy atom. The van der Waals surface area contributed by atoms with E-state index in [2.05, 4.69) is 64.2 Å². The second kappa shape index (κ2) is 6.80. The monoisotopic (exact) mass is 233 g/mol. The molecular weight excluding hydrogens is 206 g/mol. The van der Waals surface area contributed by atoms with Crippen LogP contribution < -0.4 is 5.32 Å². The molecule has 1 heteroatoms. The first kappa shape index (κ1) is 14.2. The van der Waals surface area contributed by atoms with E-state index in [4.69, 9.17) is 0 Å². The molecule has 1 N–H and O–H groups in total. The van der Waals surface area contributed by atoms with Gasteiger partial charge in [-0.15, -0.1) is 0 Å². The lowest BCUT2D eigenvalue weighted by atomic mass is 9.99. The van der Waals surface area contributed by atoms with Crippen LogP contribution in [0.15, 0.2) is 24.3 Å². The molecule has 2 unspecified atom stereocenters. The summed E-state index contributed by atoms with van der Waals surface area (Å²) in [6.45, 7) is 12.4. The van der Waals surface area contributed by atoms with Gasteiger partial charge in [-0.3, -0.25) is 0 Å². The fourth-order valence-electron chi connectivity index (χ4n) is 1.81. The minimum absolute atomic E-state index is 0.449. The summed E-state index contributed by atoms with van der Waals surface area (Å²) in [5.74, 6) is 1.37. The molecule has 0 aliphatic rings. The van der Waals surface area contributed by atoms with Crippen molar-refractivity contribution in [1.29, 1.82) is 0 Å². The van der Waals surface area contributed by atoms with E-state index in [0.717, 1.165) is 12.5 Å². The maximum Gasteiger partial charge on any atom is 0.0291 e. The largest absolute Gasteiger partial charge is 0.310 e. The molecule has 0 spiro atoms. The molecule has 1 nitrogen and oxygen atoms in total. The van der Waals surface area contributed by atoms with Gasteiger partial charge in [0.05, 0.1) is 0 Å². The first-order valence-corrected chi connectivity index (χ1v) is 6.87. The minimum atomic E-state index is 0.449. The summed E-state index contributed by atoms with van der Waals surface area (Å²) in [7, 11) is 0. The van der Waals surface area contributed by atoms with E-state index in [0.29, 0.717) is 12.0 Å². The van der Waals surface area contributed by atoms with Crippen LogP contribution in [0.25, 0.3) is 0 Å². The average Bonchev–Trinajstić information content (AvgIpc) is 2.35. The second-order valence-corrected chi connectivity index (χ2v) is 5.46. The lowest BCUT2D eigenvalue weighted by Gasteiger charge is -2.18. The summed E-state index contributed by atoms with van der Waals surface area (Å²) >= 11 is 0. The molecule has 0 aliphatic heterocycles. The van der Waals surface area contributed by atoms with Gasteiger partial charge in [0.25, 0.3) is 0 Å².